The summed E-state index contributed by atoms with van der Waals surface area (Å²) in [6, 6.07) is 2.46. The average Bonchev–Trinajstić information content (AvgIpc) is 2.50. The molecule has 2 aliphatic rings. The third kappa shape index (κ3) is 4.46. The zero-order valence-corrected chi connectivity index (χ0v) is 13.2. The topological polar surface area (TPSA) is 15.3 Å². The highest BCUT2D eigenvalue weighted by molar-refractivity contribution is 4.86. The maximum Gasteiger partial charge on any atom is 0.0189 e. The molecule has 2 fully saturated rings. The van der Waals surface area contributed by atoms with E-state index in [-0.39, 0.29) is 0 Å². The molecule has 0 bridgehead atoms. The first-order valence-corrected chi connectivity index (χ1v) is 8.78. The maximum absolute atomic E-state index is 3.52. The second kappa shape index (κ2) is 8.26. The third-order valence-electron chi connectivity index (χ3n) is 5.42. The van der Waals surface area contributed by atoms with E-state index in [0.29, 0.717) is 6.04 Å². The molecule has 2 heteroatoms. The van der Waals surface area contributed by atoms with Crippen LogP contribution in [0, 0.1) is 0 Å². The summed E-state index contributed by atoms with van der Waals surface area (Å²) in [4.78, 5) is 2.92. The normalized spacial score (nSPS) is 24.8. The fourth-order valence-electron chi connectivity index (χ4n) is 4.10. The lowest BCUT2D eigenvalue weighted by atomic mass is 9.88. The van der Waals surface area contributed by atoms with Crippen molar-refractivity contribution in [2.75, 3.05) is 13.6 Å². The van der Waals surface area contributed by atoms with Gasteiger partial charge in [0.2, 0.25) is 0 Å². The van der Waals surface area contributed by atoms with Crippen molar-refractivity contribution in [3.63, 3.8) is 0 Å². The first kappa shape index (κ1) is 15.3. The van der Waals surface area contributed by atoms with Gasteiger partial charge in [-0.2, -0.15) is 0 Å². The Hall–Kier alpha value is -0.0800. The quantitative estimate of drug-likeness (QED) is 0.783. The van der Waals surface area contributed by atoms with Gasteiger partial charge in [-0.05, 0) is 39.2 Å². The van der Waals surface area contributed by atoms with Gasteiger partial charge in [0.1, 0.15) is 0 Å². The molecule has 2 nitrogen and oxygen atoms in total. The number of likely N-dealkylation sites (N-methyl/N-ethyl adjacent to an activating group) is 1. The minimum absolute atomic E-state index is 0.684. The van der Waals surface area contributed by atoms with Crippen molar-refractivity contribution in [1.82, 2.24) is 10.2 Å². The Kier molecular flexibility index (Phi) is 6.66. The van der Waals surface area contributed by atoms with Gasteiger partial charge < -0.3 is 5.32 Å². The summed E-state index contributed by atoms with van der Waals surface area (Å²) in [7, 11) is 2.13. The molecule has 2 rings (SSSR count). The van der Waals surface area contributed by atoms with Crippen LogP contribution in [0.4, 0.5) is 0 Å². The van der Waals surface area contributed by atoms with Crippen molar-refractivity contribution in [3.8, 4) is 0 Å². The molecular formula is C17H34N2. The molecule has 112 valence electrons. The number of hydrogen-bond acceptors (Lipinski definition) is 2. The number of nitrogens with one attached hydrogen (secondary N) is 1. The zero-order valence-electron chi connectivity index (χ0n) is 13.2. The molecule has 1 atom stereocenters. The van der Waals surface area contributed by atoms with Gasteiger partial charge in [0, 0.05) is 24.7 Å². The molecule has 1 N–H and O–H groups in total. The second-order valence-corrected chi connectivity index (χ2v) is 6.67. The van der Waals surface area contributed by atoms with Crippen molar-refractivity contribution in [3.05, 3.63) is 0 Å². The van der Waals surface area contributed by atoms with Crippen LogP contribution in [0.5, 0.6) is 0 Å². The summed E-state index contributed by atoms with van der Waals surface area (Å²) < 4.78 is 0. The molecule has 0 aromatic heterocycles. The fraction of sp³-hybridized carbons (Fsp3) is 1.00. The minimum Gasteiger partial charge on any atom is -0.316 e. The van der Waals surface area contributed by atoms with Crippen LogP contribution >= 0.6 is 0 Å². The number of rotatable bonds is 6. The van der Waals surface area contributed by atoms with E-state index in [4.69, 9.17) is 0 Å². The van der Waals surface area contributed by atoms with Gasteiger partial charge in [-0.3, -0.25) is 4.90 Å². The van der Waals surface area contributed by atoms with Crippen LogP contribution < -0.4 is 5.32 Å². The average molecular weight is 266 g/mol. The molecule has 19 heavy (non-hydrogen) atoms. The van der Waals surface area contributed by atoms with Gasteiger partial charge in [-0.1, -0.05) is 45.4 Å². The van der Waals surface area contributed by atoms with Crippen molar-refractivity contribution in [1.29, 1.82) is 0 Å². The van der Waals surface area contributed by atoms with Crippen molar-refractivity contribution >= 4 is 0 Å². The largest absolute Gasteiger partial charge is 0.316 e. The van der Waals surface area contributed by atoms with Gasteiger partial charge in [0.15, 0.2) is 0 Å². The third-order valence-corrected chi connectivity index (χ3v) is 5.42. The summed E-state index contributed by atoms with van der Waals surface area (Å²) in [5, 5.41) is 3.52. The van der Waals surface area contributed by atoms with E-state index in [1.54, 1.807) is 0 Å². The molecule has 2 aliphatic carbocycles. The van der Waals surface area contributed by atoms with Crippen molar-refractivity contribution in [2.24, 2.45) is 0 Å². The Morgan fingerprint density at radius 3 is 1.74 bits per heavy atom. The lowest BCUT2D eigenvalue weighted by molar-refractivity contribution is 0.0706. The molecule has 1 unspecified atom stereocenters. The fourth-order valence-corrected chi connectivity index (χ4v) is 4.10. The van der Waals surface area contributed by atoms with E-state index in [9.17, 15) is 0 Å². The Labute approximate surface area is 120 Å². The molecule has 0 saturated heterocycles. The molecule has 0 spiro atoms. The highest BCUT2D eigenvalue weighted by Crippen LogP contribution is 2.30. The lowest BCUT2D eigenvalue weighted by Gasteiger charge is -2.43. The standard InChI is InChI=1S/C17H34N2/c1-3-15(18-2)14-19(16-10-6-4-7-11-16)17-12-8-5-9-13-17/h15-18H,3-14H2,1-2H3. The Balaban J connectivity index is 1.97. The van der Waals surface area contributed by atoms with Gasteiger partial charge in [0.05, 0.1) is 0 Å². The summed E-state index contributed by atoms with van der Waals surface area (Å²) in [6.07, 6.45) is 15.9. The van der Waals surface area contributed by atoms with E-state index < -0.39 is 0 Å². The zero-order chi connectivity index (χ0) is 13.5. The first-order chi connectivity index (χ1) is 9.35. The van der Waals surface area contributed by atoms with Gasteiger partial charge in [-0.15, -0.1) is 0 Å². The molecular weight excluding hydrogens is 232 g/mol. The summed E-state index contributed by atoms with van der Waals surface area (Å²) in [6.45, 7) is 3.60. The van der Waals surface area contributed by atoms with Gasteiger partial charge >= 0.3 is 0 Å². The van der Waals surface area contributed by atoms with Crippen LogP contribution in [0.15, 0.2) is 0 Å². The summed E-state index contributed by atoms with van der Waals surface area (Å²) >= 11 is 0. The highest BCUT2D eigenvalue weighted by atomic mass is 15.2. The van der Waals surface area contributed by atoms with E-state index in [2.05, 4.69) is 24.2 Å². The molecule has 0 heterocycles. The molecule has 0 amide bonds. The van der Waals surface area contributed by atoms with E-state index in [0.717, 1.165) is 12.1 Å². The predicted molar refractivity (Wildman–Crippen MR) is 83.6 cm³/mol. The second-order valence-electron chi connectivity index (χ2n) is 6.67. The Morgan fingerprint density at radius 1 is 0.895 bits per heavy atom. The monoisotopic (exact) mass is 266 g/mol. The smallest absolute Gasteiger partial charge is 0.0189 e. The molecule has 0 aliphatic heterocycles. The number of nitrogens with zero attached hydrogens (tertiary/aromatic N) is 1. The molecule has 2 saturated carbocycles. The van der Waals surface area contributed by atoms with Crippen LogP contribution in [0.2, 0.25) is 0 Å². The van der Waals surface area contributed by atoms with Crippen molar-refractivity contribution in [2.45, 2.75) is 95.7 Å². The number of hydrogen-bond donors (Lipinski definition) is 1. The Morgan fingerprint density at radius 2 is 1.37 bits per heavy atom. The van der Waals surface area contributed by atoms with E-state index in [1.165, 1.54) is 77.2 Å². The first-order valence-electron chi connectivity index (χ1n) is 8.78. The van der Waals surface area contributed by atoms with Crippen LogP contribution in [0.25, 0.3) is 0 Å². The predicted octanol–water partition coefficient (Wildman–Crippen LogP) is 3.95. The maximum atomic E-state index is 3.52. The lowest BCUT2D eigenvalue weighted by Crippen LogP contribution is -2.50. The summed E-state index contributed by atoms with van der Waals surface area (Å²) in [5.41, 5.74) is 0. The molecule has 0 radical (unpaired) electrons. The van der Waals surface area contributed by atoms with Crippen LogP contribution in [0.3, 0.4) is 0 Å². The van der Waals surface area contributed by atoms with Crippen LogP contribution in [-0.4, -0.2) is 36.6 Å². The minimum atomic E-state index is 0.684. The van der Waals surface area contributed by atoms with Crippen LogP contribution in [-0.2, 0) is 0 Å². The summed E-state index contributed by atoms with van der Waals surface area (Å²) in [5.74, 6) is 0. The molecule has 0 aromatic carbocycles. The highest BCUT2D eigenvalue weighted by Gasteiger charge is 2.29. The Bertz CT molecular complexity index is 207. The van der Waals surface area contributed by atoms with Gasteiger partial charge in [-0.25, -0.2) is 0 Å². The molecule has 0 aromatic rings. The van der Waals surface area contributed by atoms with E-state index in [1.807, 2.05) is 0 Å². The van der Waals surface area contributed by atoms with Crippen molar-refractivity contribution < 1.29 is 0 Å². The van der Waals surface area contributed by atoms with E-state index >= 15 is 0 Å². The van der Waals surface area contributed by atoms with Gasteiger partial charge in [0.25, 0.3) is 0 Å². The SMILES string of the molecule is CCC(CN(C1CCCCC1)C1CCCCC1)NC. The van der Waals surface area contributed by atoms with Crippen LogP contribution in [0.1, 0.15) is 77.6 Å².